The molecule has 0 saturated carbocycles. The quantitative estimate of drug-likeness (QED) is 0.0736. The Kier molecular flexibility index (Phi) is 12.2. The van der Waals surface area contributed by atoms with Crippen molar-refractivity contribution in [3.63, 3.8) is 0 Å². The smallest absolute Gasteiger partial charge is 0.272 e. The summed E-state index contributed by atoms with van der Waals surface area (Å²) in [6, 6.07) is 37.2. The molecule has 4 N–H and O–H groups in total. The van der Waals surface area contributed by atoms with Crippen LogP contribution < -0.4 is 30.7 Å². The number of amides is 4. The molecule has 51 heavy (non-hydrogen) atoms. The van der Waals surface area contributed by atoms with Gasteiger partial charge in [-0.1, -0.05) is 60.7 Å². The summed E-state index contributed by atoms with van der Waals surface area (Å²) in [6.07, 6.45) is 1.53. The zero-order valence-corrected chi connectivity index (χ0v) is 29.0. The average molecular weight is 701 g/mol. The first-order valence-corrected chi connectivity index (χ1v) is 16.7. The number of anilines is 3. The summed E-state index contributed by atoms with van der Waals surface area (Å²) in [5.74, 6) is -0.558. The number of benzene rings is 5. The second kappa shape index (κ2) is 17.4. The minimum absolute atomic E-state index is 0.0141. The third kappa shape index (κ3) is 9.87. The summed E-state index contributed by atoms with van der Waals surface area (Å²) in [5, 5.41) is 10.7. The number of rotatable bonds is 13. The molecule has 258 valence electrons. The molecule has 0 radical (unpaired) electrons. The first kappa shape index (κ1) is 36.0. The molecule has 5 rings (SSSR count). The van der Waals surface area contributed by atoms with E-state index in [1.165, 1.54) is 39.0 Å². The highest BCUT2D eigenvalue weighted by Crippen LogP contribution is 2.37. The lowest BCUT2D eigenvalue weighted by molar-refractivity contribution is -0.116. The highest BCUT2D eigenvalue weighted by Gasteiger charge is 2.23. The molecule has 4 amide bonds. The number of para-hydroxylation sites is 1. The molecule has 1 unspecified atom stereocenters. The summed E-state index contributed by atoms with van der Waals surface area (Å²) in [7, 11) is 3.01. The lowest BCUT2D eigenvalue weighted by atomic mass is 10.1. The molecule has 0 aliphatic carbocycles. The van der Waals surface area contributed by atoms with Gasteiger partial charge in [0.15, 0.2) is 11.5 Å². The Bertz CT molecular complexity index is 2020. The van der Waals surface area contributed by atoms with Gasteiger partial charge in [-0.2, -0.15) is 0 Å². The van der Waals surface area contributed by atoms with Crippen molar-refractivity contribution in [1.82, 2.24) is 5.32 Å². The van der Waals surface area contributed by atoms with Crippen molar-refractivity contribution in [3.8, 4) is 11.5 Å². The molecule has 5 aromatic rings. The Hall–Kier alpha value is -6.33. The number of methoxy groups -OCH3 is 2. The minimum Gasteiger partial charge on any atom is -0.493 e. The molecule has 0 aliphatic rings. The van der Waals surface area contributed by atoms with Gasteiger partial charge in [-0.3, -0.25) is 19.2 Å². The average Bonchev–Trinajstić information content (AvgIpc) is 3.15. The number of thioether (sulfide) groups is 1. The van der Waals surface area contributed by atoms with Gasteiger partial charge in [0.05, 0.1) is 14.2 Å². The van der Waals surface area contributed by atoms with E-state index in [1.54, 1.807) is 84.9 Å². The summed E-state index contributed by atoms with van der Waals surface area (Å²) < 4.78 is 11.0. The summed E-state index contributed by atoms with van der Waals surface area (Å²) in [4.78, 5) is 52.5. The van der Waals surface area contributed by atoms with Crippen LogP contribution >= 0.6 is 11.8 Å². The van der Waals surface area contributed by atoms with Crippen LogP contribution in [0.15, 0.2) is 138 Å². The maximum absolute atomic E-state index is 13.7. The molecular formula is C40H36N4O6S. The highest BCUT2D eigenvalue weighted by molar-refractivity contribution is 8.00. The Labute approximate surface area is 300 Å². The van der Waals surface area contributed by atoms with Crippen LogP contribution in [0.25, 0.3) is 6.08 Å². The largest absolute Gasteiger partial charge is 0.493 e. The standard InChI is InChI=1S/C40H36N4O6S/c1-26(45)41-30-17-19-31(20-18-30)43-40(48)37(27-11-6-4-7-12-27)51-33-23-21-32(22-24-33)42-39(47)34(44-38(46)28-13-8-5-9-14-28)25-29-15-10-16-35(49-2)36(29)50-3/h4-25,37H,1-3H3,(H,41,45)(H,42,47)(H,43,48)(H,44,46)/b34-25-. The molecule has 0 bridgehead atoms. The van der Waals surface area contributed by atoms with Gasteiger partial charge in [0.25, 0.3) is 11.8 Å². The van der Waals surface area contributed by atoms with E-state index < -0.39 is 17.1 Å². The van der Waals surface area contributed by atoms with Crippen molar-refractivity contribution in [2.45, 2.75) is 17.1 Å². The van der Waals surface area contributed by atoms with E-state index in [-0.39, 0.29) is 17.5 Å². The summed E-state index contributed by atoms with van der Waals surface area (Å²) >= 11 is 1.35. The van der Waals surface area contributed by atoms with Gasteiger partial charge in [-0.15, -0.1) is 11.8 Å². The van der Waals surface area contributed by atoms with Gasteiger partial charge >= 0.3 is 0 Å². The Morgan fingerprint density at radius 1 is 0.647 bits per heavy atom. The summed E-state index contributed by atoms with van der Waals surface area (Å²) in [5.41, 5.74) is 3.39. The topological polar surface area (TPSA) is 135 Å². The van der Waals surface area contributed by atoms with Crippen LogP contribution in [0, 0.1) is 0 Å². The highest BCUT2D eigenvalue weighted by atomic mass is 32.2. The van der Waals surface area contributed by atoms with Crippen LogP contribution in [-0.4, -0.2) is 37.8 Å². The fourth-order valence-corrected chi connectivity index (χ4v) is 6.05. The maximum Gasteiger partial charge on any atom is 0.272 e. The monoisotopic (exact) mass is 700 g/mol. The number of hydrogen-bond acceptors (Lipinski definition) is 7. The third-order valence-corrected chi connectivity index (χ3v) is 8.71. The van der Waals surface area contributed by atoms with E-state index in [0.29, 0.717) is 39.7 Å². The van der Waals surface area contributed by atoms with Crippen molar-refractivity contribution in [3.05, 3.63) is 150 Å². The van der Waals surface area contributed by atoms with Crippen LogP contribution in [0.4, 0.5) is 17.1 Å². The number of hydrogen-bond donors (Lipinski definition) is 4. The van der Waals surface area contributed by atoms with Gasteiger partial charge in [0.1, 0.15) is 10.9 Å². The van der Waals surface area contributed by atoms with Crippen LogP contribution in [0.1, 0.15) is 33.7 Å². The molecule has 0 aromatic heterocycles. The van der Waals surface area contributed by atoms with E-state index in [4.69, 9.17) is 9.47 Å². The molecule has 0 saturated heterocycles. The zero-order chi connectivity index (χ0) is 36.2. The van der Waals surface area contributed by atoms with E-state index >= 15 is 0 Å². The fourth-order valence-electron chi connectivity index (χ4n) is 5.02. The van der Waals surface area contributed by atoms with Crippen molar-refractivity contribution in [2.24, 2.45) is 0 Å². The van der Waals surface area contributed by atoms with E-state index in [1.807, 2.05) is 42.5 Å². The van der Waals surface area contributed by atoms with Crippen LogP contribution in [0.5, 0.6) is 11.5 Å². The molecule has 0 spiro atoms. The van der Waals surface area contributed by atoms with Gasteiger partial charge in [-0.25, -0.2) is 0 Å². The second-order valence-electron chi connectivity index (χ2n) is 11.1. The predicted molar refractivity (Wildman–Crippen MR) is 201 cm³/mol. The second-order valence-corrected chi connectivity index (χ2v) is 12.3. The van der Waals surface area contributed by atoms with E-state index in [9.17, 15) is 19.2 Å². The van der Waals surface area contributed by atoms with Crippen molar-refractivity contribution < 1.29 is 28.7 Å². The van der Waals surface area contributed by atoms with E-state index in [0.717, 1.165) is 10.5 Å². The number of carbonyl (C=O) groups excluding carboxylic acids is 4. The first-order chi connectivity index (χ1) is 24.7. The number of nitrogens with one attached hydrogen (secondary N) is 4. The Balaban J connectivity index is 1.34. The minimum atomic E-state index is -0.595. The molecule has 5 aromatic carbocycles. The third-order valence-electron chi connectivity index (χ3n) is 7.44. The van der Waals surface area contributed by atoms with Crippen LogP contribution in [-0.2, 0) is 14.4 Å². The molecule has 0 aliphatic heterocycles. The van der Waals surface area contributed by atoms with E-state index in [2.05, 4.69) is 21.3 Å². The molecule has 0 fully saturated rings. The molecule has 10 nitrogen and oxygen atoms in total. The Morgan fingerprint density at radius 3 is 1.84 bits per heavy atom. The number of carbonyl (C=O) groups is 4. The Morgan fingerprint density at radius 2 is 1.24 bits per heavy atom. The SMILES string of the molecule is COc1cccc(/C=C(\NC(=O)c2ccccc2)C(=O)Nc2ccc(SC(C(=O)Nc3ccc(NC(C)=O)cc3)c3ccccc3)cc2)c1OC. The normalized spacial score (nSPS) is 11.5. The fraction of sp³-hybridized carbons (Fsp3) is 0.100. The lowest BCUT2D eigenvalue weighted by Crippen LogP contribution is -2.30. The van der Waals surface area contributed by atoms with Crippen molar-refractivity contribution in [2.75, 3.05) is 30.2 Å². The van der Waals surface area contributed by atoms with Gasteiger partial charge in [-0.05, 0) is 78.4 Å². The molecule has 0 heterocycles. The molecule has 11 heteroatoms. The van der Waals surface area contributed by atoms with Crippen molar-refractivity contribution in [1.29, 1.82) is 0 Å². The van der Waals surface area contributed by atoms with Gasteiger partial charge < -0.3 is 30.7 Å². The summed E-state index contributed by atoms with van der Waals surface area (Å²) in [6.45, 7) is 1.43. The zero-order valence-electron chi connectivity index (χ0n) is 28.1. The predicted octanol–water partition coefficient (Wildman–Crippen LogP) is 7.54. The molecular weight excluding hydrogens is 665 g/mol. The van der Waals surface area contributed by atoms with Crippen LogP contribution in [0.2, 0.25) is 0 Å². The van der Waals surface area contributed by atoms with Crippen LogP contribution in [0.3, 0.4) is 0 Å². The van der Waals surface area contributed by atoms with Gasteiger partial charge in [0, 0.05) is 40.0 Å². The van der Waals surface area contributed by atoms with Crippen molar-refractivity contribution >= 4 is 58.5 Å². The van der Waals surface area contributed by atoms with Gasteiger partial charge in [0.2, 0.25) is 11.8 Å². The molecule has 1 atom stereocenters. The lowest BCUT2D eigenvalue weighted by Gasteiger charge is -2.18. The first-order valence-electron chi connectivity index (χ1n) is 15.8. The number of ether oxygens (including phenoxy) is 2. The maximum atomic E-state index is 13.7.